The second kappa shape index (κ2) is 4.86. The van der Waals surface area contributed by atoms with Crippen LogP contribution >= 0.6 is 0 Å². The highest BCUT2D eigenvalue weighted by Gasteiger charge is 2.77. The summed E-state index contributed by atoms with van der Waals surface area (Å²) in [6.07, 6.45) is 3.24. The van der Waals surface area contributed by atoms with Crippen LogP contribution in [0.15, 0.2) is 0 Å². The Hall–Kier alpha value is -0.940. The van der Waals surface area contributed by atoms with Gasteiger partial charge in [-0.1, -0.05) is 20.3 Å². The van der Waals surface area contributed by atoms with Gasteiger partial charge in [-0.25, -0.2) is 0 Å². The smallest absolute Gasteiger partial charge is 0.309 e. The van der Waals surface area contributed by atoms with Crippen molar-refractivity contribution in [1.29, 1.82) is 0 Å². The number of rotatable bonds is 1. The molecule has 1 spiro atoms. The molecule has 0 heterocycles. The first-order valence-electron chi connectivity index (χ1n) is 9.72. The van der Waals surface area contributed by atoms with Crippen LogP contribution in [0.3, 0.4) is 0 Å². The van der Waals surface area contributed by atoms with Crippen LogP contribution in [0.25, 0.3) is 0 Å². The molecule has 4 fully saturated rings. The van der Waals surface area contributed by atoms with Crippen LogP contribution in [0.2, 0.25) is 0 Å². The van der Waals surface area contributed by atoms with Crippen LogP contribution in [-0.4, -0.2) is 38.8 Å². The lowest BCUT2D eigenvalue weighted by atomic mass is 9.38. The minimum atomic E-state index is -1.21. The first-order chi connectivity index (χ1) is 11.5. The topological polar surface area (TPSA) is 94.8 Å². The van der Waals surface area contributed by atoms with E-state index in [9.17, 15) is 24.9 Å². The molecule has 4 saturated carbocycles. The second-order valence-corrected chi connectivity index (χ2v) is 9.84. The van der Waals surface area contributed by atoms with Gasteiger partial charge in [-0.3, -0.25) is 9.59 Å². The monoisotopic (exact) mass is 350 g/mol. The molecule has 3 N–H and O–H groups in total. The minimum Gasteiger partial charge on any atom is -0.481 e. The normalized spacial score (nSPS) is 57.7. The number of carboxylic acid groups (broad SMARTS) is 1. The van der Waals surface area contributed by atoms with E-state index in [-0.39, 0.29) is 24.0 Å². The Bertz CT molecular complexity index is 646. The Balaban J connectivity index is 1.90. The van der Waals surface area contributed by atoms with Gasteiger partial charge in [0.2, 0.25) is 0 Å². The van der Waals surface area contributed by atoms with Gasteiger partial charge in [0, 0.05) is 17.3 Å². The number of hydrogen-bond donors (Lipinski definition) is 3. The molecule has 140 valence electrons. The zero-order chi connectivity index (χ0) is 18.4. The minimum absolute atomic E-state index is 0.0733. The molecule has 0 aromatic rings. The molecule has 0 radical (unpaired) electrons. The average Bonchev–Trinajstić information content (AvgIpc) is 2.73. The molecule has 4 aliphatic carbocycles. The molecule has 4 rings (SSSR count). The molecule has 0 aromatic carbocycles. The van der Waals surface area contributed by atoms with Crippen molar-refractivity contribution in [3.8, 4) is 0 Å². The lowest BCUT2D eigenvalue weighted by Crippen LogP contribution is -2.73. The Morgan fingerprint density at radius 2 is 1.84 bits per heavy atom. The summed E-state index contributed by atoms with van der Waals surface area (Å²) >= 11 is 0. The summed E-state index contributed by atoms with van der Waals surface area (Å²) in [5.41, 5.74) is -3.91. The number of aliphatic hydroxyl groups excluding tert-OH is 1. The number of ketones is 1. The first kappa shape index (κ1) is 17.5. The van der Waals surface area contributed by atoms with Gasteiger partial charge in [0.05, 0.1) is 22.5 Å². The number of aliphatic hydroxyl groups is 2. The van der Waals surface area contributed by atoms with Crippen LogP contribution in [0.5, 0.6) is 0 Å². The Kier molecular flexibility index (Phi) is 3.40. The van der Waals surface area contributed by atoms with Crippen LogP contribution in [0, 0.1) is 34.0 Å². The molecule has 4 aliphatic rings. The zero-order valence-corrected chi connectivity index (χ0v) is 15.4. The average molecular weight is 350 g/mol. The van der Waals surface area contributed by atoms with Crippen molar-refractivity contribution < 1.29 is 24.9 Å². The van der Waals surface area contributed by atoms with E-state index in [0.717, 1.165) is 6.42 Å². The number of Topliss-reactive ketones (excluding diaryl/α,β-unsaturated/α-hetero) is 1. The van der Waals surface area contributed by atoms with E-state index in [2.05, 4.69) is 0 Å². The fourth-order valence-corrected chi connectivity index (χ4v) is 7.78. The molecule has 5 nitrogen and oxygen atoms in total. The molecule has 0 aliphatic heterocycles. The first-order valence-corrected chi connectivity index (χ1v) is 9.72. The van der Waals surface area contributed by atoms with Crippen molar-refractivity contribution in [2.45, 2.75) is 77.4 Å². The zero-order valence-electron chi connectivity index (χ0n) is 15.4. The Labute approximate surface area is 148 Å². The summed E-state index contributed by atoms with van der Waals surface area (Å²) in [4.78, 5) is 25.3. The standard InChI is InChI=1S/C20H30O5/c1-11-12-5-8-20(25)18(3)7-4-6-17(2,16(23)24)14(18)13(21)10-19(20,9-12)15(11)22/h11-14,21,25H,4-10H2,1-3H3,(H,23,24)/t11-,12?,13-,14-,17-,18-,19-,20-/m1/s1. The van der Waals surface area contributed by atoms with E-state index in [1.165, 1.54) is 0 Å². The predicted molar refractivity (Wildman–Crippen MR) is 90.7 cm³/mol. The van der Waals surface area contributed by atoms with Gasteiger partial charge in [-0.2, -0.15) is 0 Å². The van der Waals surface area contributed by atoms with Crippen LogP contribution in [0.4, 0.5) is 0 Å². The van der Waals surface area contributed by atoms with E-state index in [1.54, 1.807) is 6.92 Å². The van der Waals surface area contributed by atoms with Gasteiger partial charge >= 0.3 is 5.97 Å². The molecule has 8 atom stereocenters. The third kappa shape index (κ3) is 1.72. The van der Waals surface area contributed by atoms with Gasteiger partial charge in [0.25, 0.3) is 0 Å². The molecule has 2 bridgehead atoms. The van der Waals surface area contributed by atoms with Crippen molar-refractivity contribution in [3.63, 3.8) is 0 Å². The number of aliphatic carboxylic acids is 1. The summed E-state index contributed by atoms with van der Waals surface area (Å²) in [7, 11) is 0. The van der Waals surface area contributed by atoms with Crippen LogP contribution < -0.4 is 0 Å². The maximum absolute atomic E-state index is 13.2. The lowest BCUT2D eigenvalue weighted by Gasteiger charge is -2.68. The lowest BCUT2D eigenvalue weighted by molar-refractivity contribution is -0.280. The number of carboxylic acids is 1. The van der Waals surface area contributed by atoms with Crippen LogP contribution in [0.1, 0.15) is 65.7 Å². The van der Waals surface area contributed by atoms with Gasteiger partial charge in [-0.05, 0) is 51.4 Å². The van der Waals surface area contributed by atoms with Crippen molar-refractivity contribution in [2.24, 2.45) is 34.0 Å². The van der Waals surface area contributed by atoms with Crippen molar-refractivity contribution in [3.05, 3.63) is 0 Å². The van der Waals surface area contributed by atoms with E-state index >= 15 is 0 Å². The maximum Gasteiger partial charge on any atom is 0.309 e. The third-order valence-corrected chi connectivity index (χ3v) is 9.01. The summed E-state index contributed by atoms with van der Waals surface area (Å²) in [6.45, 7) is 5.61. The molecule has 1 unspecified atom stereocenters. The number of carbonyl (C=O) groups is 2. The highest BCUT2D eigenvalue weighted by atomic mass is 16.4. The molecule has 0 aromatic heterocycles. The van der Waals surface area contributed by atoms with Gasteiger partial charge in [0.15, 0.2) is 0 Å². The van der Waals surface area contributed by atoms with Crippen LogP contribution in [-0.2, 0) is 9.59 Å². The maximum atomic E-state index is 13.2. The molecule has 25 heavy (non-hydrogen) atoms. The number of fused-ring (bicyclic) bond motifs is 3. The number of carbonyl (C=O) groups excluding carboxylic acids is 1. The SMILES string of the molecule is C[C@H]1C(=O)[C@]23CC1CC[C@@]2(O)[C@]1(C)CCC[C@@](C)(C(=O)O)[C@H]1[C@H](O)C3. The molecular weight excluding hydrogens is 320 g/mol. The van der Waals surface area contributed by atoms with Crippen molar-refractivity contribution >= 4 is 11.8 Å². The van der Waals surface area contributed by atoms with Crippen molar-refractivity contribution in [2.75, 3.05) is 0 Å². The highest BCUT2D eigenvalue weighted by Crippen LogP contribution is 2.72. The Morgan fingerprint density at radius 3 is 2.48 bits per heavy atom. The van der Waals surface area contributed by atoms with Gasteiger partial charge < -0.3 is 15.3 Å². The summed E-state index contributed by atoms with van der Waals surface area (Å²) < 4.78 is 0. The Morgan fingerprint density at radius 1 is 1.16 bits per heavy atom. The van der Waals surface area contributed by atoms with E-state index < -0.39 is 39.8 Å². The van der Waals surface area contributed by atoms with E-state index in [4.69, 9.17) is 0 Å². The largest absolute Gasteiger partial charge is 0.481 e. The highest BCUT2D eigenvalue weighted by molar-refractivity contribution is 5.91. The summed E-state index contributed by atoms with van der Waals surface area (Å²) in [5, 5.41) is 33.0. The van der Waals surface area contributed by atoms with Gasteiger partial charge in [-0.15, -0.1) is 0 Å². The number of hydrogen-bond acceptors (Lipinski definition) is 4. The fraction of sp³-hybridized carbons (Fsp3) is 0.900. The summed E-state index contributed by atoms with van der Waals surface area (Å²) in [6, 6.07) is 0. The van der Waals surface area contributed by atoms with Gasteiger partial charge in [0.1, 0.15) is 5.78 Å². The summed E-state index contributed by atoms with van der Waals surface area (Å²) in [5.74, 6) is -1.12. The van der Waals surface area contributed by atoms with E-state index in [0.29, 0.717) is 32.1 Å². The fourth-order valence-electron chi connectivity index (χ4n) is 7.78. The third-order valence-electron chi connectivity index (χ3n) is 9.01. The molecule has 0 saturated heterocycles. The second-order valence-electron chi connectivity index (χ2n) is 9.84. The quantitative estimate of drug-likeness (QED) is 0.675. The molecule has 0 amide bonds. The molecule has 5 heteroatoms. The predicted octanol–water partition coefficient (Wildman–Crippen LogP) is 2.38. The molecular formula is C20H30O5. The van der Waals surface area contributed by atoms with E-state index in [1.807, 2.05) is 13.8 Å². The van der Waals surface area contributed by atoms with Crippen molar-refractivity contribution in [1.82, 2.24) is 0 Å².